The molecule has 0 saturated heterocycles. The van der Waals surface area contributed by atoms with Gasteiger partial charge in [0.15, 0.2) is 0 Å². The molecule has 0 radical (unpaired) electrons. The number of nitrogens with one attached hydrogen (secondary N) is 1. The number of carbonyl (C=O) groups is 2. The molecule has 0 saturated carbocycles. The van der Waals surface area contributed by atoms with Crippen molar-refractivity contribution >= 4 is 11.9 Å². The number of rotatable bonds is 7. The maximum absolute atomic E-state index is 13.8. The van der Waals surface area contributed by atoms with Crippen molar-refractivity contribution < 1.29 is 28.6 Å². The smallest absolute Gasteiger partial charge is 0.335 e. The van der Waals surface area contributed by atoms with Crippen LogP contribution in [0, 0.1) is 11.6 Å². The van der Waals surface area contributed by atoms with Gasteiger partial charge in [0.05, 0.1) is 12.1 Å². The van der Waals surface area contributed by atoms with Crippen LogP contribution in [-0.4, -0.2) is 28.6 Å². The van der Waals surface area contributed by atoms with Crippen LogP contribution >= 0.6 is 0 Å². The van der Waals surface area contributed by atoms with Gasteiger partial charge in [-0.05, 0) is 37.1 Å². The van der Waals surface area contributed by atoms with Gasteiger partial charge in [0, 0.05) is 18.1 Å². The maximum atomic E-state index is 13.8. The molecule has 0 bridgehead atoms. The predicted molar refractivity (Wildman–Crippen MR) is 90.7 cm³/mol. The molecule has 1 amide bonds. The highest BCUT2D eigenvalue weighted by molar-refractivity contribution is 5.87. The topological polar surface area (TPSA) is 86.6 Å². The number of hydrogen-bond donors (Lipinski definition) is 3. The van der Waals surface area contributed by atoms with Crippen molar-refractivity contribution in [3.8, 4) is 0 Å². The zero-order valence-corrected chi connectivity index (χ0v) is 14.1. The Morgan fingerprint density at radius 1 is 1.12 bits per heavy atom. The summed E-state index contributed by atoms with van der Waals surface area (Å²) in [5, 5.41) is 21.7. The third-order valence-electron chi connectivity index (χ3n) is 3.98. The number of hydrogen-bond acceptors (Lipinski definition) is 3. The Morgan fingerprint density at radius 2 is 1.77 bits per heavy atom. The lowest BCUT2D eigenvalue weighted by molar-refractivity contribution is -0.122. The van der Waals surface area contributed by atoms with E-state index in [1.54, 1.807) is 12.1 Å². The molecule has 0 aliphatic carbocycles. The van der Waals surface area contributed by atoms with Gasteiger partial charge >= 0.3 is 5.97 Å². The van der Waals surface area contributed by atoms with E-state index in [9.17, 15) is 23.5 Å². The van der Waals surface area contributed by atoms with E-state index in [4.69, 9.17) is 5.11 Å². The van der Waals surface area contributed by atoms with Gasteiger partial charge in [0.1, 0.15) is 17.2 Å². The molecule has 7 heteroatoms. The number of carboxylic acid groups (broad SMARTS) is 1. The summed E-state index contributed by atoms with van der Waals surface area (Å²) in [6.45, 7) is 1.10. The number of carbonyl (C=O) groups excluding carboxylic acids is 1. The quantitative estimate of drug-likeness (QED) is 0.706. The molecule has 2 aromatic carbocycles. The lowest BCUT2D eigenvalue weighted by Gasteiger charge is -2.24. The average molecular weight is 363 g/mol. The highest BCUT2D eigenvalue weighted by atomic mass is 19.1. The minimum Gasteiger partial charge on any atom is -0.478 e. The van der Waals surface area contributed by atoms with Crippen LogP contribution in [0.5, 0.6) is 0 Å². The van der Waals surface area contributed by atoms with Crippen LogP contribution in [0.25, 0.3) is 0 Å². The molecule has 138 valence electrons. The van der Waals surface area contributed by atoms with E-state index < -0.39 is 23.2 Å². The molecule has 2 aromatic rings. The lowest BCUT2D eigenvalue weighted by Crippen LogP contribution is -2.39. The normalized spacial score (nSPS) is 13.1. The van der Waals surface area contributed by atoms with Crippen LogP contribution in [0.4, 0.5) is 8.78 Å². The summed E-state index contributed by atoms with van der Waals surface area (Å²) in [6, 6.07) is 9.01. The third-order valence-corrected chi connectivity index (χ3v) is 3.98. The third kappa shape index (κ3) is 5.10. The van der Waals surface area contributed by atoms with Crippen LogP contribution in [-0.2, 0) is 16.8 Å². The first-order chi connectivity index (χ1) is 12.2. The van der Waals surface area contributed by atoms with E-state index >= 15 is 0 Å². The Kier molecular flexibility index (Phi) is 6.05. The van der Waals surface area contributed by atoms with E-state index in [1.807, 2.05) is 0 Å². The van der Waals surface area contributed by atoms with E-state index in [0.717, 1.165) is 17.7 Å². The molecule has 3 N–H and O–H groups in total. The summed E-state index contributed by atoms with van der Waals surface area (Å²) in [6.07, 6.45) is 0.507. The standard InChI is InChI=1S/C19H19F2NO4/c1-19(26,15-8-7-14(20)10-16(15)21)11-22-17(23)9-4-12-2-5-13(6-3-12)18(24)25/h2-3,5-8,10,26H,4,9,11H2,1H3,(H,22,23)(H,24,25). The zero-order valence-electron chi connectivity index (χ0n) is 14.1. The van der Waals surface area contributed by atoms with E-state index in [1.165, 1.54) is 19.1 Å². The van der Waals surface area contributed by atoms with Crippen LogP contribution in [0.2, 0.25) is 0 Å². The fourth-order valence-electron chi connectivity index (χ4n) is 2.45. The second-order valence-corrected chi connectivity index (χ2v) is 6.18. The number of aliphatic hydroxyl groups is 1. The van der Waals surface area contributed by atoms with Gasteiger partial charge in [0.25, 0.3) is 0 Å². The molecule has 0 fully saturated rings. The van der Waals surface area contributed by atoms with Crippen molar-refractivity contribution in [1.29, 1.82) is 0 Å². The van der Waals surface area contributed by atoms with Crippen LogP contribution in [0.1, 0.15) is 34.8 Å². The fraction of sp³-hybridized carbons (Fsp3) is 0.263. The fourth-order valence-corrected chi connectivity index (χ4v) is 2.45. The van der Waals surface area contributed by atoms with Crippen LogP contribution in [0.3, 0.4) is 0 Å². The Balaban J connectivity index is 1.88. The molecule has 1 atom stereocenters. The molecule has 0 aliphatic rings. The van der Waals surface area contributed by atoms with Gasteiger partial charge in [-0.2, -0.15) is 0 Å². The average Bonchev–Trinajstić information content (AvgIpc) is 2.58. The molecule has 26 heavy (non-hydrogen) atoms. The molecule has 0 aliphatic heterocycles. The minimum absolute atomic E-state index is 0.108. The van der Waals surface area contributed by atoms with Crippen molar-refractivity contribution in [2.75, 3.05) is 6.54 Å². The van der Waals surface area contributed by atoms with Crippen molar-refractivity contribution in [2.24, 2.45) is 0 Å². The molecule has 5 nitrogen and oxygen atoms in total. The summed E-state index contributed by atoms with van der Waals surface area (Å²) in [5.41, 5.74) is -0.836. The molecular formula is C19H19F2NO4. The van der Waals surface area contributed by atoms with E-state index in [0.29, 0.717) is 12.5 Å². The van der Waals surface area contributed by atoms with E-state index in [2.05, 4.69) is 5.32 Å². The minimum atomic E-state index is -1.68. The Morgan fingerprint density at radius 3 is 2.35 bits per heavy atom. The first kappa shape index (κ1) is 19.5. The largest absolute Gasteiger partial charge is 0.478 e. The lowest BCUT2D eigenvalue weighted by atomic mass is 9.95. The second kappa shape index (κ2) is 8.05. The zero-order chi connectivity index (χ0) is 19.3. The number of benzene rings is 2. The highest BCUT2D eigenvalue weighted by Gasteiger charge is 2.27. The number of aromatic carboxylic acids is 1. The number of amides is 1. The summed E-state index contributed by atoms with van der Waals surface area (Å²) < 4.78 is 26.7. The van der Waals surface area contributed by atoms with Crippen LogP contribution in [0.15, 0.2) is 42.5 Å². The Hall–Kier alpha value is -2.80. The SMILES string of the molecule is CC(O)(CNC(=O)CCc1ccc(C(=O)O)cc1)c1ccc(F)cc1F. The second-order valence-electron chi connectivity index (χ2n) is 6.18. The summed E-state index contributed by atoms with van der Waals surface area (Å²) in [5.74, 6) is -3.01. The van der Waals surface area contributed by atoms with Gasteiger partial charge in [-0.3, -0.25) is 4.79 Å². The predicted octanol–water partition coefficient (Wildman–Crippen LogP) is 2.62. The number of aryl methyl sites for hydroxylation is 1. The van der Waals surface area contributed by atoms with Crippen molar-refractivity contribution in [1.82, 2.24) is 5.32 Å². The maximum Gasteiger partial charge on any atom is 0.335 e. The number of halogens is 2. The molecule has 0 spiro atoms. The number of carboxylic acids is 1. The van der Waals surface area contributed by atoms with Crippen molar-refractivity contribution in [2.45, 2.75) is 25.4 Å². The molecule has 0 aromatic heterocycles. The first-order valence-electron chi connectivity index (χ1n) is 7.96. The van der Waals surface area contributed by atoms with Crippen molar-refractivity contribution in [3.05, 3.63) is 70.8 Å². The van der Waals surface area contributed by atoms with E-state index in [-0.39, 0.29) is 30.0 Å². The summed E-state index contributed by atoms with van der Waals surface area (Å²) in [7, 11) is 0. The molecule has 2 rings (SSSR count). The van der Waals surface area contributed by atoms with Crippen molar-refractivity contribution in [3.63, 3.8) is 0 Å². The summed E-state index contributed by atoms with van der Waals surface area (Å²) in [4.78, 5) is 22.7. The first-order valence-corrected chi connectivity index (χ1v) is 7.96. The summed E-state index contributed by atoms with van der Waals surface area (Å²) >= 11 is 0. The van der Waals surface area contributed by atoms with Crippen LogP contribution < -0.4 is 5.32 Å². The monoisotopic (exact) mass is 363 g/mol. The Labute approximate surface area is 149 Å². The molecular weight excluding hydrogens is 344 g/mol. The van der Waals surface area contributed by atoms with Gasteiger partial charge in [-0.1, -0.05) is 18.2 Å². The molecule has 1 unspecified atom stereocenters. The van der Waals surface area contributed by atoms with Gasteiger partial charge in [-0.15, -0.1) is 0 Å². The highest BCUT2D eigenvalue weighted by Crippen LogP contribution is 2.23. The van der Waals surface area contributed by atoms with Gasteiger partial charge < -0.3 is 15.5 Å². The molecule has 0 heterocycles. The Bertz CT molecular complexity index is 804. The van der Waals surface area contributed by atoms with Gasteiger partial charge in [-0.25, -0.2) is 13.6 Å². The van der Waals surface area contributed by atoms with Gasteiger partial charge in [0.2, 0.25) is 5.91 Å².